The van der Waals surface area contributed by atoms with E-state index in [9.17, 15) is 0 Å². The lowest BCUT2D eigenvalue weighted by molar-refractivity contribution is 0.183. The second kappa shape index (κ2) is 7.54. The minimum Gasteiger partial charge on any atom is -0.492 e. The van der Waals surface area contributed by atoms with Gasteiger partial charge in [0.25, 0.3) is 0 Å². The highest BCUT2D eigenvalue weighted by Gasteiger charge is 2.09. The van der Waals surface area contributed by atoms with Crippen molar-refractivity contribution in [3.05, 3.63) is 29.8 Å². The predicted octanol–water partition coefficient (Wildman–Crippen LogP) is 4.06. The van der Waals surface area contributed by atoms with Crippen LogP contribution < -0.4 is 4.74 Å². The van der Waals surface area contributed by atoms with Crippen molar-refractivity contribution in [2.45, 2.75) is 45.4 Å². The number of likely N-dealkylation sites (tertiary alicyclic amines) is 1. The molecule has 0 aliphatic carbocycles. The van der Waals surface area contributed by atoms with Gasteiger partial charge in [-0.1, -0.05) is 32.4 Å². The van der Waals surface area contributed by atoms with Gasteiger partial charge >= 0.3 is 0 Å². The molecular weight excluding hydrogens is 234 g/mol. The zero-order valence-electron chi connectivity index (χ0n) is 12.4. The standard InChI is InChI=1S/C17H27NO/c1-3-15(2)16-7-9-17(10-8-16)19-14-13-18-11-5-4-6-12-18/h7-10,15H,3-6,11-14H2,1-2H3/t15-/m0/s1. The minimum absolute atomic E-state index is 0.641. The van der Waals surface area contributed by atoms with Crippen LogP contribution in [0.5, 0.6) is 5.75 Å². The fourth-order valence-corrected chi connectivity index (χ4v) is 2.60. The molecule has 0 saturated carbocycles. The Bertz CT molecular complexity index is 354. The Hall–Kier alpha value is -1.02. The van der Waals surface area contributed by atoms with Gasteiger partial charge in [-0.05, 0) is 56.0 Å². The van der Waals surface area contributed by atoms with Crippen molar-refractivity contribution in [1.29, 1.82) is 0 Å². The molecule has 0 aromatic heterocycles. The molecule has 1 aromatic rings. The Balaban J connectivity index is 1.73. The topological polar surface area (TPSA) is 12.5 Å². The van der Waals surface area contributed by atoms with Gasteiger partial charge in [-0.3, -0.25) is 4.90 Å². The van der Waals surface area contributed by atoms with Gasteiger partial charge in [0, 0.05) is 6.54 Å². The molecule has 2 heteroatoms. The lowest BCUT2D eigenvalue weighted by Gasteiger charge is -2.26. The summed E-state index contributed by atoms with van der Waals surface area (Å²) in [6.07, 6.45) is 5.29. The number of rotatable bonds is 6. The molecule has 106 valence electrons. The Morgan fingerprint density at radius 2 is 1.79 bits per heavy atom. The summed E-state index contributed by atoms with van der Waals surface area (Å²) in [6.45, 7) is 8.86. The van der Waals surface area contributed by atoms with E-state index < -0.39 is 0 Å². The third-order valence-corrected chi connectivity index (χ3v) is 4.19. The SMILES string of the molecule is CC[C@H](C)c1ccc(OCCN2CCCCC2)cc1. The molecule has 2 rings (SSSR count). The summed E-state index contributed by atoms with van der Waals surface area (Å²) in [4.78, 5) is 2.51. The van der Waals surface area contributed by atoms with Crippen LogP contribution in [-0.4, -0.2) is 31.1 Å². The van der Waals surface area contributed by atoms with Gasteiger partial charge in [0.1, 0.15) is 12.4 Å². The molecule has 0 radical (unpaired) electrons. The molecule has 1 aromatic carbocycles. The average molecular weight is 261 g/mol. The maximum atomic E-state index is 5.84. The molecule has 19 heavy (non-hydrogen) atoms. The molecule has 0 amide bonds. The molecule has 0 bridgehead atoms. The Morgan fingerprint density at radius 3 is 2.42 bits per heavy atom. The van der Waals surface area contributed by atoms with Gasteiger partial charge < -0.3 is 4.74 Å². The molecule has 2 nitrogen and oxygen atoms in total. The van der Waals surface area contributed by atoms with Crippen molar-refractivity contribution >= 4 is 0 Å². The van der Waals surface area contributed by atoms with Gasteiger partial charge in [-0.25, -0.2) is 0 Å². The van der Waals surface area contributed by atoms with E-state index in [1.54, 1.807) is 0 Å². The van der Waals surface area contributed by atoms with E-state index in [0.29, 0.717) is 5.92 Å². The normalized spacial score (nSPS) is 18.2. The van der Waals surface area contributed by atoms with Gasteiger partial charge in [0.15, 0.2) is 0 Å². The molecule has 1 atom stereocenters. The van der Waals surface area contributed by atoms with Crippen LogP contribution in [0.4, 0.5) is 0 Å². The summed E-state index contributed by atoms with van der Waals surface area (Å²) < 4.78 is 5.84. The smallest absolute Gasteiger partial charge is 0.119 e. The first kappa shape index (κ1) is 14.4. The fraction of sp³-hybridized carbons (Fsp3) is 0.647. The molecule has 0 N–H and O–H groups in total. The monoisotopic (exact) mass is 261 g/mol. The zero-order valence-corrected chi connectivity index (χ0v) is 12.4. The number of hydrogen-bond donors (Lipinski definition) is 0. The third-order valence-electron chi connectivity index (χ3n) is 4.19. The van der Waals surface area contributed by atoms with Crippen molar-refractivity contribution in [3.63, 3.8) is 0 Å². The lowest BCUT2D eigenvalue weighted by atomic mass is 9.99. The summed E-state index contributed by atoms with van der Waals surface area (Å²) in [5.41, 5.74) is 1.41. The van der Waals surface area contributed by atoms with E-state index in [1.807, 2.05) is 0 Å². The summed E-state index contributed by atoms with van der Waals surface area (Å²) in [5, 5.41) is 0. The first-order valence-corrected chi connectivity index (χ1v) is 7.74. The van der Waals surface area contributed by atoms with Crippen molar-refractivity contribution in [1.82, 2.24) is 4.90 Å². The van der Waals surface area contributed by atoms with Crippen molar-refractivity contribution in [2.75, 3.05) is 26.2 Å². The van der Waals surface area contributed by atoms with E-state index in [-0.39, 0.29) is 0 Å². The summed E-state index contributed by atoms with van der Waals surface area (Å²) >= 11 is 0. The second-order valence-corrected chi connectivity index (χ2v) is 5.63. The van der Waals surface area contributed by atoms with E-state index in [2.05, 4.69) is 43.0 Å². The van der Waals surface area contributed by atoms with Crippen molar-refractivity contribution in [2.24, 2.45) is 0 Å². The first-order chi connectivity index (χ1) is 9.29. The van der Waals surface area contributed by atoms with Gasteiger partial charge in [-0.2, -0.15) is 0 Å². The number of benzene rings is 1. The molecule has 1 saturated heterocycles. The van der Waals surface area contributed by atoms with Gasteiger partial charge in [0.2, 0.25) is 0 Å². The molecule has 1 aliphatic heterocycles. The third kappa shape index (κ3) is 4.54. The molecule has 1 fully saturated rings. The number of piperidine rings is 1. The van der Waals surface area contributed by atoms with Crippen molar-refractivity contribution in [3.8, 4) is 5.75 Å². The molecule has 1 aliphatic rings. The highest BCUT2D eigenvalue weighted by molar-refractivity contribution is 5.29. The quantitative estimate of drug-likeness (QED) is 0.765. The molecule has 0 unspecified atom stereocenters. The van der Waals surface area contributed by atoms with Crippen LogP contribution >= 0.6 is 0 Å². The molecular formula is C17H27NO. The highest BCUT2D eigenvalue weighted by atomic mass is 16.5. The van der Waals surface area contributed by atoms with Crippen LogP contribution in [0.2, 0.25) is 0 Å². The van der Waals surface area contributed by atoms with Crippen LogP contribution in [0, 0.1) is 0 Å². The van der Waals surface area contributed by atoms with E-state index in [0.717, 1.165) is 18.9 Å². The van der Waals surface area contributed by atoms with Crippen LogP contribution in [0.3, 0.4) is 0 Å². The van der Waals surface area contributed by atoms with Crippen molar-refractivity contribution < 1.29 is 4.74 Å². The van der Waals surface area contributed by atoms with E-state index in [1.165, 1.54) is 44.3 Å². The number of hydrogen-bond acceptors (Lipinski definition) is 2. The highest BCUT2D eigenvalue weighted by Crippen LogP contribution is 2.21. The van der Waals surface area contributed by atoms with Crippen LogP contribution in [0.1, 0.15) is 51.0 Å². The lowest BCUT2D eigenvalue weighted by Crippen LogP contribution is -2.33. The van der Waals surface area contributed by atoms with E-state index >= 15 is 0 Å². The van der Waals surface area contributed by atoms with E-state index in [4.69, 9.17) is 4.74 Å². The van der Waals surface area contributed by atoms with Gasteiger partial charge in [-0.15, -0.1) is 0 Å². The average Bonchev–Trinajstić information content (AvgIpc) is 2.48. The van der Waals surface area contributed by atoms with Gasteiger partial charge in [0.05, 0.1) is 0 Å². The van der Waals surface area contributed by atoms with Crippen LogP contribution in [-0.2, 0) is 0 Å². The summed E-state index contributed by atoms with van der Waals surface area (Å²) in [7, 11) is 0. The summed E-state index contributed by atoms with van der Waals surface area (Å²) in [6, 6.07) is 8.62. The zero-order chi connectivity index (χ0) is 13.5. The first-order valence-electron chi connectivity index (χ1n) is 7.74. The maximum absolute atomic E-state index is 5.84. The summed E-state index contributed by atoms with van der Waals surface area (Å²) in [5.74, 6) is 1.64. The second-order valence-electron chi connectivity index (χ2n) is 5.63. The molecule has 1 heterocycles. The Labute approximate surface area is 117 Å². The Morgan fingerprint density at radius 1 is 1.11 bits per heavy atom. The number of ether oxygens (including phenoxy) is 1. The van der Waals surface area contributed by atoms with Crippen LogP contribution in [0.15, 0.2) is 24.3 Å². The minimum atomic E-state index is 0.641. The Kier molecular flexibility index (Phi) is 5.71. The largest absolute Gasteiger partial charge is 0.492 e. The molecule has 0 spiro atoms. The van der Waals surface area contributed by atoms with Crippen LogP contribution in [0.25, 0.3) is 0 Å². The predicted molar refractivity (Wildman–Crippen MR) is 80.9 cm³/mol. The maximum Gasteiger partial charge on any atom is 0.119 e. The number of nitrogens with zero attached hydrogens (tertiary/aromatic N) is 1. The fourth-order valence-electron chi connectivity index (χ4n) is 2.60.